The van der Waals surface area contributed by atoms with E-state index < -0.39 is 0 Å². The molecule has 2 saturated carbocycles. The Hall–Kier alpha value is 0. The lowest BCUT2D eigenvalue weighted by Crippen LogP contribution is -2.34. The predicted octanol–water partition coefficient (Wildman–Crippen LogP) is 3.86. The summed E-state index contributed by atoms with van der Waals surface area (Å²) < 4.78 is 0. The van der Waals surface area contributed by atoms with Crippen LogP contribution in [0.5, 0.6) is 0 Å². The number of fused-ring (bicyclic) bond motifs is 1. The first kappa shape index (κ1) is 8.59. The number of hydrogen-bond donors (Lipinski definition) is 0. The summed E-state index contributed by atoms with van der Waals surface area (Å²) in [7, 11) is 0. The first-order valence-corrected chi connectivity index (χ1v) is 5.79. The summed E-state index contributed by atoms with van der Waals surface area (Å²) in [5, 5.41) is 0. The molecule has 0 aromatic carbocycles. The van der Waals surface area contributed by atoms with E-state index in [0.29, 0.717) is 0 Å². The van der Waals surface area contributed by atoms with Crippen LogP contribution in [0.15, 0.2) is 0 Å². The molecule has 0 aromatic rings. The minimum atomic E-state index is 1.03. The molecule has 2 aliphatic carbocycles. The highest BCUT2D eigenvalue weighted by Gasteiger charge is 2.36. The molecule has 0 N–H and O–H groups in total. The van der Waals surface area contributed by atoms with Crippen molar-refractivity contribution >= 4 is 0 Å². The lowest BCUT2D eigenvalue weighted by Gasteiger charge is -2.43. The van der Waals surface area contributed by atoms with Crippen LogP contribution < -0.4 is 0 Å². The molecule has 0 aromatic heterocycles. The van der Waals surface area contributed by atoms with Crippen LogP contribution in [-0.4, -0.2) is 0 Å². The van der Waals surface area contributed by atoms with Crippen molar-refractivity contribution in [2.45, 2.75) is 52.4 Å². The van der Waals surface area contributed by atoms with Gasteiger partial charge in [-0.1, -0.05) is 39.5 Å². The smallest absolute Gasteiger partial charge is 0.0358 e. The van der Waals surface area contributed by atoms with Crippen LogP contribution in [0, 0.1) is 23.7 Å². The molecule has 0 aliphatic heterocycles. The molecular formula is C12H22. The van der Waals surface area contributed by atoms with Gasteiger partial charge in [-0.05, 0) is 36.5 Å². The van der Waals surface area contributed by atoms with E-state index >= 15 is 0 Å². The molecule has 0 heteroatoms. The van der Waals surface area contributed by atoms with Gasteiger partial charge in [0.25, 0.3) is 0 Å². The van der Waals surface area contributed by atoms with E-state index in [9.17, 15) is 0 Å². The Balaban J connectivity index is 2.05. The van der Waals surface area contributed by atoms with Gasteiger partial charge in [-0.2, -0.15) is 0 Å². The van der Waals surface area contributed by atoms with Crippen molar-refractivity contribution in [1.29, 1.82) is 0 Å². The van der Waals surface area contributed by atoms with Gasteiger partial charge in [-0.3, -0.25) is 0 Å². The van der Waals surface area contributed by atoms with E-state index in [1.165, 1.54) is 38.5 Å². The molecule has 0 radical (unpaired) electrons. The molecule has 0 unspecified atom stereocenters. The zero-order chi connectivity index (χ0) is 8.55. The van der Waals surface area contributed by atoms with Gasteiger partial charge in [0.05, 0.1) is 0 Å². The van der Waals surface area contributed by atoms with Crippen LogP contribution in [0.25, 0.3) is 0 Å². The highest BCUT2D eigenvalue weighted by Crippen LogP contribution is 2.46. The highest BCUT2D eigenvalue weighted by atomic mass is 14.4. The molecule has 0 saturated heterocycles. The highest BCUT2D eigenvalue weighted by molar-refractivity contribution is 4.86. The zero-order valence-electron chi connectivity index (χ0n) is 8.55. The third kappa shape index (κ3) is 1.41. The first-order chi connectivity index (χ1) is 5.79. The Morgan fingerprint density at radius 1 is 0.667 bits per heavy atom. The van der Waals surface area contributed by atoms with Crippen LogP contribution in [0.2, 0.25) is 0 Å². The van der Waals surface area contributed by atoms with E-state index in [1.807, 2.05) is 0 Å². The van der Waals surface area contributed by atoms with Gasteiger partial charge < -0.3 is 0 Å². The maximum Gasteiger partial charge on any atom is -0.0358 e. The topological polar surface area (TPSA) is 0 Å². The summed E-state index contributed by atoms with van der Waals surface area (Å²) in [6.07, 6.45) is 9.10. The average Bonchev–Trinajstić information content (AvgIpc) is 2.12. The largest absolute Gasteiger partial charge is 0.0622 e. The van der Waals surface area contributed by atoms with Crippen LogP contribution in [0.4, 0.5) is 0 Å². The van der Waals surface area contributed by atoms with Crippen molar-refractivity contribution < 1.29 is 0 Å². The molecule has 12 heavy (non-hydrogen) atoms. The second kappa shape index (κ2) is 3.40. The average molecular weight is 166 g/mol. The lowest BCUT2D eigenvalue weighted by atomic mass is 9.62. The van der Waals surface area contributed by atoms with Crippen molar-refractivity contribution in [2.75, 3.05) is 0 Å². The van der Waals surface area contributed by atoms with E-state index in [4.69, 9.17) is 0 Å². The first-order valence-electron chi connectivity index (χ1n) is 5.79. The quantitative estimate of drug-likeness (QED) is 0.512. The number of hydrogen-bond acceptors (Lipinski definition) is 0. The van der Waals surface area contributed by atoms with Gasteiger partial charge in [0, 0.05) is 0 Å². The second-order valence-corrected chi connectivity index (χ2v) is 5.14. The lowest BCUT2D eigenvalue weighted by molar-refractivity contribution is 0.0672. The fourth-order valence-corrected chi connectivity index (χ4v) is 3.56. The minimum absolute atomic E-state index is 1.03. The molecule has 0 bridgehead atoms. The number of rotatable bonds is 0. The Morgan fingerprint density at radius 2 is 1.08 bits per heavy atom. The second-order valence-electron chi connectivity index (χ2n) is 5.14. The van der Waals surface area contributed by atoms with Gasteiger partial charge in [0.15, 0.2) is 0 Å². The van der Waals surface area contributed by atoms with E-state index in [-0.39, 0.29) is 0 Å². The van der Waals surface area contributed by atoms with Gasteiger partial charge in [-0.25, -0.2) is 0 Å². The molecule has 2 aliphatic rings. The summed E-state index contributed by atoms with van der Waals surface area (Å²) in [6, 6.07) is 0. The van der Waals surface area contributed by atoms with Crippen LogP contribution in [0.3, 0.4) is 0 Å². The monoisotopic (exact) mass is 166 g/mol. The van der Waals surface area contributed by atoms with Crippen molar-refractivity contribution in [3.8, 4) is 0 Å². The van der Waals surface area contributed by atoms with Gasteiger partial charge >= 0.3 is 0 Å². The Labute approximate surface area is 76.7 Å². The molecule has 0 heterocycles. The van der Waals surface area contributed by atoms with Crippen molar-refractivity contribution in [2.24, 2.45) is 23.7 Å². The van der Waals surface area contributed by atoms with E-state index in [0.717, 1.165) is 23.7 Å². The summed E-state index contributed by atoms with van der Waals surface area (Å²) in [5.74, 6) is 4.27. The molecule has 70 valence electrons. The third-order valence-electron chi connectivity index (χ3n) is 4.41. The molecule has 0 amide bonds. The summed E-state index contributed by atoms with van der Waals surface area (Å²) in [5.41, 5.74) is 0. The molecule has 2 rings (SSSR count). The molecule has 4 atom stereocenters. The Morgan fingerprint density at radius 3 is 1.50 bits per heavy atom. The van der Waals surface area contributed by atoms with Crippen LogP contribution in [0.1, 0.15) is 52.4 Å². The van der Waals surface area contributed by atoms with Crippen molar-refractivity contribution in [3.63, 3.8) is 0 Å². The molecule has 0 nitrogen and oxygen atoms in total. The van der Waals surface area contributed by atoms with Crippen molar-refractivity contribution in [3.05, 3.63) is 0 Å². The molecule has 0 spiro atoms. The molecule has 2 fully saturated rings. The summed E-state index contributed by atoms with van der Waals surface area (Å²) in [4.78, 5) is 0. The van der Waals surface area contributed by atoms with E-state index in [2.05, 4.69) is 13.8 Å². The van der Waals surface area contributed by atoms with Gasteiger partial charge in [0.1, 0.15) is 0 Å². The summed E-state index contributed by atoms with van der Waals surface area (Å²) in [6.45, 7) is 4.96. The minimum Gasteiger partial charge on any atom is -0.0622 e. The maximum absolute atomic E-state index is 2.48. The van der Waals surface area contributed by atoms with Gasteiger partial charge in [0.2, 0.25) is 0 Å². The van der Waals surface area contributed by atoms with Crippen LogP contribution in [-0.2, 0) is 0 Å². The van der Waals surface area contributed by atoms with Crippen molar-refractivity contribution in [1.82, 2.24) is 0 Å². The van der Waals surface area contributed by atoms with Gasteiger partial charge in [-0.15, -0.1) is 0 Å². The third-order valence-corrected chi connectivity index (χ3v) is 4.41. The normalized spacial score (nSPS) is 48.5. The fourth-order valence-electron chi connectivity index (χ4n) is 3.56. The Bertz CT molecular complexity index is 132. The maximum atomic E-state index is 2.48. The fraction of sp³-hybridized carbons (Fsp3) is 1.00. The molecular weight excluding hydrogens is 144 g/mol. The van der Waals surface area contributed by atoms with Crippen LogP contribution >= 0.6 is 0 Å². The predicted molar refractivity (Wildman–Crippen MR) is 53.0 cm³/mol. The van der Waals surface area contributed by atoms with E-state index in [1.54, 1.807) is 0 Å². The SMILES string of the molecule is C[C@H]1CC[C@H](C)[C@H]2CCCC[C@@H]21. The standard InChI is InChI=1S/C12H22/c1-9-7-8-10(2)12-6-4-3-5-11(9)12/h9-12H,3-8H2,1-2H3/t9-,10-,11+,12+/m0/s1. The summed E-state index contributed by atoms with van der Waals surface area (Å²) >= 11 is 0. The zero-order valence-corrected chi connectivity index (χ0v) is 8.55. The Kier molecular flexibility index (Phi) is 2.43.